The summed E-state index contributed by atoms with van der Waals surface area (Å²) < 4.78 is 5.05. The second-order valence-electron chi connectivity index (χ2n) is 6.64. The number of aryl methyl sites for hydroxylation is 2. The van der Waals surface area contributed by atoms with Crippen molar-refractivity contribution in [1.82, 2.24) is 10.5 Å². The minimum absolute atomic E-state index is 0.0509. The van der Waals surface area contributed by atoms with Crippen molar-refractivity contribution < 1.29 is 14.1 Å². The van der Waals surface area contributed by atoms with Crippen LogP contribution in [0.1, 0.15) is 53.1 Å². The molecule has 132 valence electrons. The summed E-state index contributed by atoms with van der Waals surface area (Å²) >= 11 is 0. The van der Waals surface area contributed by atoms with Gasteiger partial charge in [0.25, 0.3) is 5.91 Å². The van der Waals surface area contributed by atoms with Gasteiger partial charge in [0, 0.05) is 23.4 Å². The van der Waals surface area contributed by atoms with Gasteiger partial charge in [-0.15, -0.1) is 0 Å². The third-order valence-corrected chi connectivity index (χ3v) is 4.46. The molecule has 1 aliphatic rings. The van der Waals surface area contributed by atoms with Gasteiger partial charge in [0.1, 0.15) is 5.76 Å². The number of benzene rings is 1. The second-order valence-corrected chi connectivity index (χ2v) is 6.64. The number of carbonyl (C=O) groups is 2. The van der Waals surface area contributed by atoms with Gasteiger partial charge in [-0.1, -0.05) is 18.0 Å². The molecule has 1 aromatic carbocycles. The molecular weight excluding hydrogens is 318 g/mol. The molecule has 1 saturated carbocycles. The normalized spacial score (nSPS) is 14.5. The average Bonchev–Trinajstić information content (AvgIpc) is 3.21. The Hall–Kier alpha value is -2.63. The summed E-state index contributed by atoms with van der Waals surface area (Å²) in [5.41, 5.74) is 2.91. The maximum atomic E-state index is 12.3. The third-order valence-electron chi connectivity index (χ3n) is 4.46. The van der Waals surface area contributed by atoms with E-state index < -0.39 is 0 Å². The van der Waals surface area contributed by atoms with Gasteiger partial charge in [-0.2, -0.15) is 0 Å². The Morgan fingerprint density at radius 2 is 1.96 bits per heavy atom. The molecule has 3 rings (SSSR count). The van der Waals surface area contributed by atoms with Crippen molar-refractivity contribution in [3.05, 3.63) is 46.8 Å². The van der Waals surface area contributed by atoms with Crippen molar-refractivity contribution in [2.45, 2.75) is 52.0 Å². The van der Waals surface area contributed by atoms with E-state index in [0.717, 1.165) is 24.1 Å². The molecule has 0 aliphatic heterocycles. The number of nitrogens with zero attached hydrogens (tertiary/aromatic N) is 1. The van der Waals surface area contributed by atoms with Crippen LogP contribution in [0.4, 0.5) is 5.69 Å². The zero-order valence-corrected chi connectivity index (χ0v) is 14.6. The van der Waals surface area contributed by atoms with Crippen LogP contribution >= 0.6 is 0 Å². The van der Waals surface area contributed by atoms with Crippen LogP contribution in [0, 0.1) is 13.8 Å². The topological polar surface area (TPSA) is 84.2 Å². The summed E-state index contributed by atoms with van der Waals surface area (Å²) in [7, 11) is 0. The van der Waals surface area contributed by atoms with Gasteiger partial charge in [0.05, 0.1) is 12.1 Å². The second kappa shape index (κ2) is 7.51. The van der Waals surface area contributed by atoms with E-state index in [1.54, 1.807) is 24.3 Å². The van der Waals surface area contributed by atoms with Gasteiger partial charge < -0.3 is 15.2 Å². The van der Waals surface area contributed by atoms with E-state index in [1.165, 1.54) is 12.8 Å². The fourth-order valence-corrected chi connectivity index (χ4v) is 3.14. The quantitative estimate of drug-likeness (QED) is 0.875. The number of carbonyl (C=O) groups excluding carboxylic acids is 2. The molecule has 0 atom stereocenters. The number of anilines is 1. The fourth-order valence-electron chi connectivity index (χ4n) is 3.14. The lowest BCUT2D eigenvalue weighted by Crippen LogP contribution is -2.32. The van der Waals surface area contributed by atoms with Gasteiger partial charge in [-0.05, 0) is 50.5 Å². The van der Waals surface area contributed by atoms with Gasteiger partial charge in [-0.3, -0.25) is 9.59 Å². The van der Waals surface area contributed by atoms with Crippen molar-refractivity contribution >= 4 is 17.5 Å². The first-order valence-corrected chi connectivity index (χ1v) is 8.65. The van der Waals surface area contributed by atoms with E-state index in [2.05, 4.69) is 15.8 Å². The molecule has 6 nitrogen and oxygen atoms in total. The number of hydrogen-bond donors (Lipinski definition) is 2. The Balaban J connectivity index is 1.60. The molecule has 1 heterocycles. The molecule has 0 radical (unpaired) electrons. The highest BCUT2D eigenvalue weighted by Gasteiger charge is 2.18. The maximum absolute atomic E-state index is 12.3. The van der Waals surface area contributed by atoms with Crippen LogP contribution in [0.5, 0.6) is 0 Å². The van der Waals surface area contributed by atoms with Crippen LogP contribution in [-0.2, 0) is 11.2 Å². The molecule has 2 aromatic rings. The van der Waals surface area contributed by atoms with Crippen molar-refractivity contribution in [3.63, 3.8) is 0 Å². The minimum atomic E-state index is -0.178. The Labute approximate surface area is 147 Å². The molecule has 2 amide bonds. The molecule has 0 saturated heterocycles. The van der Waals surface area contributed by atoms with Crippen molar-refractivity contribution in [1.29, 1.82) is 0 Å². The number of nitrogens with one attached hydrogen (secondary N) is 2. The first kappa shape index (κ1) is 17.2. The van der Waals surface area contributed by atoms with Gasteiger partial charge in [0.15, 0.2) is 0 Å². The van der Waals surface area contributed by atoms with Crippen LogP contribution in [0.3, 0.4) is 0 Å². The largest absolute Gasteiger partial charge is 0.361 e. The zero-order chi connectivity index (χ0) is 17.8. The lowest BCUT2D eigenvalue weighted by Gasteiger charge is -2.13. The van der Waals surface area contributed by atoms with E-state index >= 15 is 0 Å². The maximum Gasteiger partial charge on any atom is 0.251 e. The van der Waals surface area contributed by atoms with E-state index in [9.17, 15) is 9.59 Å². The Kier molecular flexibility index (Phi) is 5.16. The lowest BCUT2D eigenvalue weighted by molar-refractivity contribution is -0.115. The first-order valence-electron chi connectivity index (χ1n) is 8.65. The van der Waals surface area contributed by atoms with E-state index in [1.807, 2.05) is 13.8 Å². The molecule has 0 unspecified atom stereocenters. The van der Waals surface area contributed by atoms with Crippen LogP contribution in [-0.4, -0.2) is 23.0 Å². The predicted octanol–water partition coefficient (Wildman–Crippen LogP) is 3.15. The van der Waals surface area contributed by atoms with Crippen molar-refractivity contribution in [2.75, 3.05) is 5.32 Å². The molecular formula is C19H23N3O3. The van der Waals surface area contributed by atoms with Gasteiger partial charge in [0.2, 0.25) is 5.91 Å². The third kappa shape index (κ3) is 4.47. The molecule has 0 bridgehead atoms. The fraction of sp³-hybridized carbons (Fsp3) is 0.421. The highest BCUT2D eigenvalue weighted by molar-refractivity contribution is 5.97. The summed E-state index contributed by atoms with van der Waals surface area (Å²) in [6.45, 7) is 3.69. The van der Waals surface area contributed by atoms with Crippen molar-refractivity contribution in [2.24, 2.45) is 0 Å². The van der Waals surface area contributed by atoms with E-state index in [0.29, 0.717) is 17.0 Å². The molecule has 0 spiro atoms. The minimum Gasteiger partial charge on any atom is -0.361 e. The Morgan fingerprint density at radius 1 is 1.20 bits per heavy atom. The van der Waals surface area contributed by atoms with E-state index in [-0.39, 0.29) is 24.3 Å². The monoisotopic (exact) mass is 341 g/mol. The van der Waals surface area contributed by atoms with Crippen molar-refractivity contribution in [3.8, 4) is 0 Å². The molecule has 1 fully saturated rings. The summed E-state index contributed by atoms with van der Waals surface area (Å²) in [6, 6.07) is 7.34. The first-order chi connectivity index (χ1) is 12.0. The summed E-state index contributed by atoms with van der Waals surface area (Å²) in [4.78, 5) is 24.4. The lowest BCUT2D eigenvalue weighted by atomic mass is 10.1. The highest BCUT2D eigenvalue weighted by atomic mass is 16.5. The summed E-state index contributed by atoms with van der Waals surface area (Å²) in [5.74, 6) is 0.299. The molecule has 25 heavy (non-hydrogen) atoms. The van der Waals surface area contributed by atoms with E-state index in [4.69, 9.17) is 4.52 Å². The number of hydrogen-bond acceptors (Lipinski definition) is 4. The Morgan fingerprint density at radius 3 is 2.60 bits per heavy atom. The molecule has 2 N–H and O–H groups in total. The van der Waals surface area contributed by atoms with Crippen LogP contribution < -0.4 is 10.6 Å². The van der Waals surface area contributed by atoms with Crippen LogP contribution in [0.15, 0.2) is 28.8 Å². The zero-order valence-electron chi connectivity index (χ0n) is 14.6. The SMILES string of the molecule is Cc1cc(CC(=O)Nc2ccc(C(=O)NC3CCCC3)cc2C)on1. The summed E-state index contributed by atoms with van der Waals surface area (Å²) in [5, 5.41) is 9.69. The van der Waals surface area contributed by atoms with Crippen LogP contribution in [0.25, 0.3) is 0 Å². The number of aromatic nitrogens is 1. The standard InChI is InChI=1S/C19H23N3O3/c1-12-9-14(19(24)20-15-5-3-4-6-15)7-8-17(12)21-18(23)11-16-10-13(2)22-25-16/h7-10,15H,3-6,11H2,1-2H3,(H,20,24)(H,21,23). The molecule has 6 heteroatoms. The molecule has 1 aromatic heterocycles. The van der Waals surface area contributed by atoms with Gasteiger partial charge in [-0.25, -0.2) is 0 Å². The van der Waals surface area contributed by atoms with Gasteiger partial charge >= 0.3 is 0 Å². The smallest absolute Gasteiger partial charge is 0.251 e. The highest BCUT2D eigenvalue weighted by Crippen LogP contribution is 2.20. The average molecular weight is 341 g/mol. The van der Waals surface area contributed by atoms with Crippen LogP contribution in [0.2, 0.25) is 0 Å². The Bertz CT molecular complexity index is 776. The number of rotatable bonds is 5. The number of amides is 2. The summed E-state index contributed by atoms with van der Waals surface area (Å²) in [6.07, 6.45) is 4.60. The molecule has 1 aliphatic carbocycles. The predicted molar refractivity (Wildman–Crippen MR) is 94.5 cm³/mol.